The van der Waals surface area contributed by atoms with Crippen LogP contribution in [0.2, 0.25) is 0 Å². The Kier molecular flexibility index (Phi) is 4.49. The van der Waals surface area contributed by atoms with Crippen LogP contribution in [0.3, 0.4) is 0 Å². The van der Waals surface area contributed by atoms with Gasteiger partial charge >= 0.3 is 0 Å². The minimum atomic E-state index is -0.289. The Labute approximate surface area is 98.9 Å². The van der Waals surface area contributed by atoms with E-state index in [9.17, 15) is 15.0 Å². The van der Waals surface area contributed by atoms with Crippen LogP contribution in [-0.4, -0.2) is 46.6 Å². The number of carbonyl (C=O) groups is 1. The van der Waals surface area contributed by atoms with E-state index in [0.717, 1.165) is 5.75 Å². The third-order valence-electron chi connectivity index (χ3n) is 2.19. The van der Waals surface area contributed by atoms with E-state index in [4.69, 9.17) is 0 Å². The first-order valence-electron chi connectivity index (χ1n) is 4.82. The lowest BCUT2D eigenvalue weighted by Crippen LogP contribution is -2.28. The van der Waals surface area contributed by atoms with Gasteiger partial charge in [0, 0.05) is 19.3 Å². The number of hydrogen-bond acceptors (Lipinski definition) is 4. The van der Waals surface area contributed by atoms with Crippen LogP contribution in [0.25, 0.3) is 0 Å². The first kappa shape index (κ1) is 12.7. The number of amides is 1. The molecule has 1 aromatic carbocycles. The molecule has 2 N–H and O–H groups in total. The Hall–Kier alpha value is -1.36. The molecular weight excluding hydrogens is 226 g/mol. The van der Waals surface area contributed by atoms with E-state index in [-0.39, 0.29) is 23.0 Å². The fourth-order valence-corrected chi connectivity index (χ4v) is 1.69. The van der Waals surface area contributed by atoms with Crippen molar-refractivity contribution in [2.75, 3.05) is 25.6 Å². The molecule has 0 radical (unpaired) electrons. The summed E-state index contributed by atoms with van der Waals surface area (Å²) in [7, 11) is 1.67. The van der Waals surface area contributed by atoms with Gasteiger partial charge in [0.05, 0.1) is 5.56 Å². The highest BCUT2D eigenvalue weighted by atomic mass is 32.2. The first-order valence-corrected chi connectivity index (χ1v) is 6.22. The monoisotopic (exact) mass is 241 g/mol. The maximum absolute atomic E-state index is 11.9. The van der Waals surface area contributed by atoms with Crippen molar-refractivity contribution in [3.8, 4) is 11.5 Å². The lowest BCUT2D eigenvalue weighted by molar-refractivity contribution is 0.0800. The zero-order valence-electron chi connectivity index (χ0n) is 9.30. The van der Waals surface area contributed by atoms with Gasteiger partial charge in [0.2, 0.25) is 0 Å². The quantitative estimate of drug-likeness (QED) is 0.785. The molecule has 0 aliphatic rings. The van der Waals surface area contributed by atoms with Crippen molar-refractivity contribution in [1.82, 2.24) is 4.90 Å². The minimum Gasteiger partial charge on any atom is -0.508 e. The van der Waals surface area contributed by atoms with Crippen molar-refractivity contribution in [2.24, 2.45) is 0 Å². The van der Waals surface area contributed by atoms with Crippen LogP contribution in [0.1, 0.15) is 10.4 Å². The third-order valence-corrected chi connectivity index (χ3v) is 2.78. The molecule has 1 aromatic rings. The molecule has 88 valence electrons. The lowest BCUT2D eigenvalue weighted by Gasteiger charge is -2.17. The molecule has 0 unspecified atom stereocenters. The number of phenols is 2. The van der Waals surface area contributed by atoms with E-state index in [0.29, 0.717) is 6.54 Å². The number of hydrogen-bond donors (Lipinski definition) is 2. The minimum absolute atomic E-state index is 0.0283. The van der Waals surface area contributed by atoms with E-state index in [1.165, 1.54) is 23.1 Å². The summed E-state index contributed by atoms with van der Waals surface area (Å²) < 4.78 is 0. The molecule has 1 rings (SSSR count). The molecule has 5 heteroatoms. The second-order valence-electron chi connectivity index (χ2n) is 3.42. The van der Waals surface area contributed by atoms with E-state index < -0.39 is 0 Å². The van der Waals surface area contributed by atoms with Gasteiger partial charge in [-0.15, -0.1) is 0 Å². The molecule has 4 nitrogen and oxygen atoms in total. The summed E-state index contributed by atoms with van der Waals surface area (Å²) in [5.41, 5.74) is 0.128. The lowest BCUT2D eigenvalue weighted by atomic mass is 10.1. The average molecular weight is 241 g/mol. The maximum atomic E-state index is 11.9. The van der Waals surface area contributed by atoms with Crippen LogP contribution >= 0.6 is 11.8 Å². The van der Waals surface area contributed by atoms with E-state index >= 15 is 0 Å². The van der Waals surface area contributed by atoms with Crippen LogP contribution in [0.4, 0.5) is 0 Å². The highest BCUT2D eigenvalue weighted by Crippen LogP contribution is 2.23. The summed E-state index contributed by atoms with van der Waals surface area (Å²) in [6.07, 6.45) is 1.96. The number of carbonyl (C=O) groups excluding carboxylic acids is 1. The van der Waals surface area contributed by atoms with Crippen molar-refractivity contribution >= 4 is 17.7 Å². The van der Waals surface area contributed by atoms with E-state index in [1.807, 2.05) is 6.26 Å². The van der Waals surface area contributed by atoms with Gasteiger partial charge in [-0.25, -0.2) is 0 Å². The number of phenolic OH excluding ortho intramolecular Hbond substituents is 2. The van der Waals surface area contributed by atoms with Gasteiger partial charge in [-0.3, -0.25) is 4.79 Å². The van der Waals surface area contributed by atoms with Crippen LogP contribution in [0.5, 0.6) is 11.5 Å². The van der Waals surface area contributed by atoms with E-state index in [1.54, 1.807) is 18.8 Å². The maximum Gasteiger partial charge on any atom is 0.257 e. The van der Waals surface area contributed by atoms with Crippen molar-refractivity contribution in [3.05, 3.63) is 23.8 Å². The molecule has 0 atom stereocenters. The average Bonchev–Trinajstić information content (AvgIpc) is 2.28. The number of aromatic hydroxyl groups is 2. The largest absolute Gasteiger partial charge is 0.508 e. The molecule has 0 spiro atoms. The Balaban J connectivity index is 2.83. The van der Waals surface area contributed by atoms with Gasteiger partial charge in [-0.1, -0.05) is 0 Å². The third kappa shape index (κ3) is 3.06. The Morgan fingerprint density at radius 1 is 1.44 bits per heavy atom. The smallest absolute Gasteiger partial charge is 0.257 e. The fourth-order valence-electron chi connectivity index (χ4n) is 1.23. The molecule has 0 aliphatic heterocycles. The zero-order chi connectivity index (χ0) is 12.1. The molecule has 0 heterocycles. The molecular formula is C11H15NO3S. The molecule has 0 saturated heterocycles. The van der Waals surface area contributed by atoms with Gasteiger partial charge in [0.25, 0.3) is 5.91 Å². The van der Waals surface area contributed by atoms with Gasteiger partial charge in [0.15, 0.2) is 0 Å². The Morgan fingerprint density at radius 3 is 2.75 bits per heavy atom. The second kappa shape index (κ2) is 5.65. The van der Waals surface area contributed by atoms with Crippen molar-refractivity contribution in [2.45, 2.75) is 0 Å². The highest BCUT2D eigenvalue weighted by molar-refractivity contribution is 7.98. The summed E-state index contributed by atoms with van der Waals surface area (Å²) in [5.74, 6) is 0.405. The zero-order valence-corrected chi connectivity index (χ0v) is 10.1. The molecule has 1 amide bonds. The second-order valence-corrected chi connectivity index (χ2v) is 4.41. The topological polar surface area (TPSA) is 60.8 Å². The van der Waals surface area contributed by atoms with Crippen LogP contribution < -0.4 is 0 Å². The highest BCUT2D eigenvalue weighted by Gasteiger charge is 2.15. The van der Waals surface area contributed by atoms with Gasteiger partial charge in [-0.2, -0.15) is 11.8 Å². The molecule has 0 aromatic heterocycles. The number of rotatable bonds is 4. The van der Waals surface area contributed by atoms with Crippen LogP contribution in [-0.2, 0) is 0 Å². The fraction of sp³-hybridized carbons (Fsp3) is 0.364. The van der Waals surface area contributed by atoms with Gasteiger partial charge < -0.3 is 15.1 Å². The number of nitrogens with zero attached hydrogens (tertiary/aromatic N) is 1. The van der Waals surface area contributed by atoms with Gasteiger partial charge in [-0.05, 0) is 24.5 Å². The number of thioether (sulfide) groups is 1. The number of benzene rings is 1. The molecule has 0 aliphatic carbocycles. The van der Waals surface area contributed by atoms with Crippen LogP contribution in [0.15, 0.2) is 18.2 Å². The summed E-state index contributed by atoms with van der Waals surface area (Å²) in [4.78, 5) is 13.4. The van der Waals surface area contributed by atoms with Crippen molar-refractivity contribution in [1.29, 1.82) is 0 Å². The Bertz CT molecular complexity index is 381. The summed E-state index contributed by atoms with van der Waals surface area (Å²) in [6, 6.07) is 3.92. The summed E-state index contributed by atoms with van der Waals surface area (Å²) in [6.45, 7) is 0.606. The SMILES string of the molecule is CSCCN(C)C(=O)c1cc(O)ccc1O. The van der Waals surface area contributed by atoms with Crippen LogP contribution in [0, 0.1) is 0 Å². The normalized spacial score (nSPS) is 10.1. The first-order chi connectivity index (χ1) is 7.56. The van der Waals surface area contributed by atoms with Crippen molar-refractivity contribution in [3.63, 3.8) is 0 Å². The molecule has 0 fully saturated rings. The predicted molar refractivity (Wildman–Crippen MR) is 65.1 cm³/mol. The predicted octanol–water partition coefficient (Wildman–Crippen LogP) is 1.53. The Morgan fingerprint density at radius 2 is 2.12 bits per heavy atom. The van der Waals surface area contributed by atoms with Gasteiger partial charge in [0.1, 0.15) is 11.5 Å². The summed E-state index contributed by atoms with van der Waals surface area (Å²) >= 11 is 1.64. The standard InChI is InChI=1S/C11H15NO3S/c1-12(5-6-16-2)11(15)9-7-8(13)3-4-10(9)14/h3-4,7,13-14H,5-6H2,1-2H3. The molecule has 16 heavy (non-hydrogen) atoms. The summed E-state index contributed by atoms with van der Waals surface area (Å²) in [5, 5.41) is 18.8. The molecule has 0 saturated carbocycles. The van der Waals surface area contributed by atoms with E-state index in [2.05, 4.69) is 0 Å². The molecule has 0 bridgehead atoms. The van der Waals surface area contributed by atoms with Crippen molar-refractivity contribution < 1.29 is 15.0 Å².